The number of rotatable bonds is 11. The molecule has 202 valence electrons. The van der Waals surface area contributed by atoms with Crippen molar-refractivity contribution in [1.82, 2.24) is 19.8 Å². The maximum atomic E-state index is 13.5. The minimum Gasteiger partial charge on any atom is -0.432 e. The number of hydrogen-bond acceptors (Lipinski definition) is 9. The van der Waals surface area contributed by atoms with Gasteiger partial charge in [-0.25, -0.2) is 22.8 Å². The van der Waals surface area contributed by atoms with Crippen LogP contribution in [-0.2, 0) is 29.0 Å². The summed E-state index contributed by atoms with van der Waals surface area (Å²) in [5.74, 6) is -2.87. The quantitative estimate of drug-likeness (QED) is 0.289. The molecule has 2 N–H and O–H groups in total. The molecule has 0 radical (unpaired) electrons. The van der Waals surface area contributed by atoms with Crippen molar-refractivity contribution in [2.24, 2.45) is 0 Å². The van der Waals surface area contributed by atoms with Crippen LogP contribution >= 0.6 is 0 Å². The molecule has 2 heterocycles. The molecule has 0 bridgehead atoms. The molecule has 0 aromatic heterocycles. The largest absolute Gasteiger partial charge is 0.441 e. The molecule has 12 nitrogen and oxygen atoms in total. The first-order chi connectivity index (χ1) is 16.7. The van der Waals surface area contributed by atoms with Gasteiger partial charge in [-0.2, -0.15) is 5.06 Å². The van der Waals surface area contributed by atoms with Crippen LogP contribution in [0.4, 0.5) is 4.79 Å². The predicted molar refractivity (Wildman–Crippen MR) is 130 cm³/mol. The van der Waals surface area contributed by atoms with Crippen molar-refractivity contribution in [3.8, 4) is 0 Å². The second-order valence-corrected chi connectivity index (χ2v) is 10.6. The number of cyclic esters (lactones) is 1. The highest BCUT2D eigenvalue weighted by atomic mass is 32.2. The molecule has 2 aliphatic heterocycles. The molecule has 0 saturated carbocycles. The van der Waals surface area contributed by atoms with E-state index in [0.29, 0.717) is 6.54 Å². The van der Waals surface area contributed by atoms with Gasteiger partial charge in [-0.3, -0.25) is 9.80 Å². The molecule has 1 aromatic carbocycles. The van der Waals surface area contributed by atoms with Crippen LogP contribution in [0.2, 0.25) is 0 Å². The normalized spacial score (nSPS) is 19.5. The van der Waals surface area contributed by atoms with Gasteiger partial charge in [-0.1, -0.05) is 32.0 Å². The average Bonchev–Trinajstić information content (AvgIpc) is 3.36. The maximum Gasteiger partial charge on any atom is 0.441 e. The van der Waals surface area contributed by atoms with Gasteiger partial charge in [-0.15, -0.1) is 0 Å². The SMILES string of the molecule is CCN(CC)CCN1OC(=O)C(=O)OC(CN2CCCC2)N(CCS(=O)(=O)c2ccccc2)C1=O.O. The van der Waals surface area contributed by atoms with Crippen LogP contribution in [0.1, 0.15) is 26.7 Å². The van der Waals surface area contributed by atoms with Crippen LogP contribution in [0, 0.1) is 0 Å². The van der Waals surface area contributed by atoms with Crippen LogP contribution in [0.15, 0.2) is 35.2 Å². The average molecular weight is 529 g/mol. The lowest BCUT2D eigenvalue weighted by atomic mass is 10.4. The lowest BCUT2D eigenvalue weighted by molar-refractivity contribution is -0.206. The Labute approximate surface area is 211 Å². The molecular formula is C23H36N4O8S. The molecule has 2 aliphatic rings. The van der Waals surface area contributed by atoms with Crippen molar-refractivity contribution in [2.45, 2.75) is 37.8 Å². The number of likely N-dealkylation sites (N-methyl/N-ethyl adjacent to an activating group) is 1. The number of likely N-dealkylation sites (tertiary alicyclic amines) is 1. The van der Waals surface area contributed by atoms with Crippen LogP contribution in [0.25, 0.3) is 0 Å². The van der Waals surface area contributed by atoms with Crippen LogP contribution in [0.3, 0.4) is 0 Å². The Balaban J connectivity index is 0.00000456. The van der Waals surface area contributed by atoms with E-state index in [9.17, 15) is 22.8 Å². The Bertz CT molecular complexity index is 981. The van der Waals surface area contributed by atoms with E-state index in [-0.39, 0.29) is 35.8 Å². The summed E-state index contributed by atoms with van der Waals surface area (Å²) in [7, 11) is -3.71. The molecule has 0 aliphatic carbocycles. The minimum absolute atomic E-state index is 0. The Morgan fingerprint density at radius 3 is 2.22 bits per heavy atom. The molecular weight excluding hydrogens is 492 g/mol. The fraction of sp³-hybridized carbons (Fsp3) is 0.609. The number of sulfone groups is 1. The van der Waals surface area contributed by atoms with Gasteiger partial charge in [0, 0.05) is 13.1 Å². The summed E-state index contributed by atoms with van der Waals surface area (Å²) in [4.78, 5) is 48.6. The van der Waals surface area contributed by atoms with Crippen LogP contribution in [0.5, 0.6) is 0 Å². The number of carbonyl (C=O) groups is 3. The molecule has 36 heavy (non-hydrogen) atoms. The molecule has 3 rings (SSSR count). The number of hydrogen-bond donors (Lipinski definition) is 0. The predicted octanol–water partition coefficient (Wildman–Crippen LogP) is 0.138. The van der Waals surface area contributed by atoms with E-state index >= 15 is 0 Å². The molecule has 2 fully saturated rings. The summed E-state index contributed by atoms with van der Waals surface area (Å²) >= 11 is 0. The molecule has 1 atom stereocenters. The highest BCUT2D eigenvalue weighted by Crippen LogP contribution is 2.18. The molecule has 13 heteroatoms. The van der Waals surface area contributed by atoms with Crippen molar-refractivity contribution < 1.29 is 37.9 Å². The Kier molecular flexibility index (Phi) is 11.1. The number of amides is 2. The van der Waals surface area contributed by atoms with E-state index in [4.69, 9.17) is 9.57 Å². The third-order valence-corrected chi connectivity index (χ3v) is 7.95. The number of esters is 1. The molecule has 0 spiro atoms. The molecule has 1 aromatic rings. The summed E-state index contributed by atoms with van der Waals surface area (Å²) in [5, 5.41) is 0.840. The Hall–Kier alpha value is -2.74. The van der Waals surface area contributed by atoms with E-state index < -0.39 is 34.0 Å². The monoisotopic (exact) mass is 528 g/mol. The topological polar surface area (TPSA) is 148 Å². The van der Waals surface area contributed by atoms with Crippen LogP contribution in [-0.4, -0.2) is 116 Å². The van der Waals surface area contributed by atoms with Crippen molar-refractivity contribution in [2.75, 3.05) is 58.1 Å². The molecule has 1 unspecified atom stereocenters. The van der Waals surface area contributed by atoms with Gasteiger partial charge < -0.3 is 20.0 Å². The molecule has 2 amide bonds. The van der Waals surface area contributed by atoms with Gasteiger partial charge in [0.25, 0.3) is 0 Å². The third kappa shape index (κ3) is 7.63. The number of nitrogens with zero attached hydrogens (tertiary/aromatic N) is 4. The Morgan fingerprint density at radius 2 is 1.61 bits per heavy atom. The number of benzene rings is 1. The zero-order valence-corrected chi connectivity index (χ0v) is 21.6. The maximum absolute atomic E-state index is 13.5. The van der Waals surface area contributed by atoms with Gasteiger partial charge in [-0.05, 0) is 51.2 Å². The smallest absolute Gasteiger partial charge is 0.432 e. The van der Waals surface area contributed by atoms with E-state index in [0.717, 1.165) is 44.1 Å². The third-order valence-electron chi connectivity index (χ3n) is 6.24. The Morgan fingerprint density at radius 1 is 0.972 bits per heavy atom. The lowest BCUT2D eigenvalue weighted by Crippen LogP contribution is -2.58. The minimum atomic E-state index is -3.71. The zero-order chi connectivity index (χ0) is 25.4. The van der Waals surface area contributed by atoms with E-state index in [2.05, 4.69) is 0 Å². The summed E-state index contributed by atoms with van der Waals surface area (Å²) in [5.41, 5.74) is 0. The fourth-order valence-corrected chi connectivity index (χ4v) is 5.36. The van der Waals surface area contributed by atoms with Crippen LogP contribution < -0.4 is 0 Å². The van der Waals surface area contributed by atoms with Gasteiger partial charge in [0.05, 0.1) is 23.7 Å². The van der Waals surface area contributed by atoms with E-state index in [1.807, 2.05) is 23.6 Å². The van der Waals surface area contributed by atoms with Crippen molar-refractivity contribution in [3.63, 3.8) is 0 Å². The zero-order valence-electron chi connectivity index (χ0n) is 20.8. The first-order valence-electron chi connectivity index (χ1n) is 12.0. The lowest BCUT2D eigenvalue weighted by Gasteiger charge is -2.38. The highest BCUT2D eigenvalue weighted by molar-refractivity contribution is 7.91. The summed E-state index contributed by atoms with van der Waals surface area (Å²) in [6.07, 6.45) is 0.812. The second kappa shape index (κ2) is 13.5. The summed E-state index contributed by atoms with van der Waals surface area (Å²) in [6.45, 7) is 7.29. The molecule has 2 saturated heterocycles. The van der Waals surface area contributed by atoms with Crippen molar-refractivity contribution in [1.29, 1.82) is 0 Å². The highest BCUT2D eigenvalue weighted by Gasteiger charge is 2.40. The van der Waals surface area contributed by atoms with Crippen molar-refractivity contribution >= 4 is 27.8 Å². The first kappa shape index (κ1) is 29.5. The summed E-state index contributed by atoms with van der Waals surface area (Å²) in [6, 6.07) is 7.23. The number of hydroxylamine groups is 2. The fourth-order valence-electron chi connectivity index (χ4n) is 4.12. The van der Waals surface area contributed by atoms with E-state index in [1.54, 1.807) is 18.2 Å². The van der Waals surface area contributed by atoms with E-state index in [1.165, 1.54) is 17.0 Å². The standard InChI is InChI=1S/C23H34N4O7S.H2O/c1-3-24(4-2)14-15-27-23(30)26(16-17-35(31,32)19-10-6-5-7-11-19)20(18-25-12-8-9-13-25)33-21(28)22(29)34-27;/h5-7,10-11,20H,3-4,8-9,12-18H2,1-2H3;1H2. The number of ether oxygens (including phenoxy) is 1. The van der Waals surface area contributed by atoms with Gasteiger partial charge >= 0.3 is 18.0 Å². The number of urea groups is 1. The second-order valence-electron chi connectivity index (χ2n) is 8.48. The van der Waals surface area contributed by atoms with Gasteiger partial charge in [0.1, 0.15) is 0 Å². The van der Waals surface area contributed by atoms with Gasteiger partial charge in [0.15, 0.2) is 16.1 Å². The van der Waals surface area contributed by atoms with Gasteiger partial charge in [0.2, 0.25) is 0 Å². The number of carbonyl (C=O) groups excluding carboxylic acids is 3. The summed E-state index contributed by atoms with van der Waals surface area (Å²) < 4.78 is 31.2. The first-order valence-corrected chi connectivity index (χ1v) is 13.6. The van der Waals surface area contributed by atoms with Crippen molar-refractivity contribution in [3.05, 3.63) is 30.3 Å².